The lowest BCUT2D eigenvalue weighted by Crippen LogP contribution is -2.55. The maximum absolute atomic E-state index is 10.3. The summed E-state index contributed by atoms with van der Waals surface area (Å²) in [4.78, 5) is 2.29. The minimum Gasteiger partial charge on any atom is -0.504 e. The van der Waals surface area contributed by atoms with Gasteiger partial charge >= 0.3 is 0 Å². The summed E-state index contributed by atoms with van der Waals surface area (Å²) in [5.41, 5.74) is 6.89. The van der Waals surface area contributed by atoms with Crippen LogP contribution in [0.1, 0.15) is 46.1 Å². The lowest BCUT2D eigenvalue weighted by atomic mass is 9.98. The van der Waals surface area contributed by atoms with Crippen LogP contribution < -0.4 is 10.5 Å². The fourth-order valence-electron chi connectivity index (χ4n) is 2.64. The van der Waals surface area contributed by atoms with Crippen LogP contribution in [0.2, 0.25) is 0 Å². The first-order valence-electron chi connectivity index (χ1n) is 7.93. The van der Waals surface area contributed by atoms with E-state index < -0.39 is 5.66 Å². The van der Waals surface area contributed by atoms with E-state index >= 15 is 0 Å². The van der Waals surface area contributed by atoms with Gasteiger partial charge in [0.2, 0.25) is 0 Å². The van der Waals surface area contributed by atoms with E-state index in [0.29, 0.717) is 18.8 Å². The minimum absolute atomic E-state index is 0.212. The van der Waals surface area contributed by atoms with E-state index in [9.17, 15) is 5.11 Å². The molecule has 120 valence electrons. The van der Waals surface area contributed by atoms with Crippen LogP contribution in [0.5, 0.6) is 11.5 Å². The van der Waals surface area contributed by atoms with Crippen LogP contribution in [-0.2, 0) is 6.42 Å². The van der Waals surface area contributed by atoms with Gasteiger partial charge in [-0.15, -0.1) is 0 Å². The van der Waals surface area contributed by atoms with Crippen LogP contribution in [0, 0.1) is 0 Å². The molecular weight excluding hydrogens is 264 g/mol. The summed E-state index contributed by atoms with van der Waals surface area (Å²) in [6, 6.07) is 5.60. The molecule has 0 bridgehead atoms. The van der Waals surface area contributed by atoms with Crippen LogP contribution in [0.3, 0.4) is 0 Å². The van der Waals surface area contributed by atoms with E-state index in [4.69, 9.17) is 10.5 Å². The average Bonchev–Trinajstić information content (AvgIpc) is 2.43. The molecule has 0 fully saturated rings. The van der Waals surface area contributed by atoms with E-state index in [-0.39, 0.29) is 5.75 Å². The van der Waals surface area contributed by atoms with Gasteiger partial charge in [0, 0.05) is 12.0 Å². The van der Waals surface area contributed by atoms with Crippen LogP contribution in [0.15, 0.2) is 18.2 Å². The Bertz CT molecular complexity index is 427. The summed E-state index contributed by atoms with van der Waals surface area (Å²) in [7, 11) is 0. The van der Waals surface area contributed by atoms with Crippen molar-refractivity contribution >= 4 is 0 Å². The lowest BCUT2D eigenvalue weighted by Gasteiger charge is -2.38. The molecule has 0 aliphatic heterocycles. The Kier molecular flexibility index (Phi) is 6.99. The molecule has 0 spiro atoms. The molecule has 0 radical (unpaired) electrons. The first kappa shape index (κ1) is 17.8. The molecule has 0 heterocycles. The van der Waals surface area contributed by atoms with E-state index in [0.717, 1.165) is 31.5 Å². The highest BCUT2D eigenvalue weighted by molar-refractivity contribution is 5.46. The number of aromatic hydroxyl groups is 1. The van der Waals surface area contributed by atoms with E-state index in [1.165, 1.54) is 0 Å². The third-order valence-electron chi connectivity index (χ3n) is 3.64. The predicted octanol–water partition coefficient (Wildman–Crippen LogP) is 3.13. The molecule has 21 heavy (non-hydrogen) atoms. The molecule has 3 N–H and O–H groups in total. The van der Waals surface area contributed by atoms with Crippen molar-refractivity contribution in [3.05, 3.63) is 23.8 Å². The van der Waals surface area contributed by atoms with E-state index in [2.05, 4.69) is 18.7 Å². The van der Waals surface area contributed by atoms with Gasteiger partial charge in [-0.25, -0.2) is 0 Å². The Hall–Kier alpha value is -1.26. The average molecular weight is 294 g/mol. The van der Waals surface area contributed by atoms with Gasteiger partial charge in [-0.1, -0.05) is 26.0 Å². The van der Waals surface area contributed by atoms with Crippen molar-refractivity contribution in [3.8, 4) is 11.5 Å². The van der Waals surface area contributed by atoms with Crippen molar-refractivity contribution in [1.82, 2.24) is 4.90 Å². The third kappa shape index (κ3) is 4.90. The Morgan fingerprint density at radius 1 is 1.19 bits per heavy atom. The minimum atomic E-state index is -0.478. The van der Waals surface area contributed by atoms with Crippen LogP contribution >= 0.6 is 0 Å². The standard InChI is InChI=1S/C17H30N2O2/c1-5-11-19(12-6-2)17(4,18)13-14-9-8-10-15(16(14)20)21-7-3/h8-10,20H,5-7,11-13,18H2,1-4H3. The number of nitrogens with two attached hydrogens (primary N) is 1. The molecule has 4 nitrogen and oxygen atoms in total. The second-order valence-electron chi connectivity index (χ2n) is 5.72. The fourth-order valence-corrected chi connectivity index (χ4v) is 2.64. The lowest BCUT2D eigenvalue weighted by molar-refractivity contribution is 0.107. The number of phenols is 1. The Balaban J connectivity index is 2.93. The zero-order valence-corrected chi connectivity index (χ0v) is 13.9. The Morgan fingerprint density at radius 2 is 1.81 bits per heavy atom. The summed E-state index contributed by atoms with van der Waals surface area (Å²) >= 11 is 0. The topological polar surface area (TPSA) is 58.7 Å². The summed E-state index contributed by atoms with van der Waals surface area (Å²) in [6.45, 7) is 10.7. The van der Waals surface area contributed by atoms with Crippen molar-refractivity contribution in [2.75, 3.05) is 19.7 Å². The summed E-state index contributed by atoms with van der Waals surface area (Å²) in [6.07, 6.45) is 2.73. The highest BCUT2D eigenvalue weighted by atomic mass is 16.5. The maximum atomic E-state index is 10.3. The molecule has 4 heteroatoms. The number of nitrogens with zero attached hydrogens (tertiary/aromatic N) is 1. The van der Waals surface area contributed by atoms with Crippen molar-refractivity contribution in [2.24, 2.45) is 5.73 Å². The SMILES string of the molecule is CCCN(CCC)C(C)(N)Cc1cccc(OCC)c1O. The first-order valence-corrected chi connectivity index (χ1v) is 7.93. The Labute approximate surface area is 128 Å². The molecule has 0 saturated carbocycles. The molecule has 1 rings (SSSR count). The van der Waals surface area contributed by atoms with Crippen LogP contribution in [-0.4, -0.2) is 35.4 Å². The zero-order chi connectivity index (χ0) is 15.9. The molecule has 0 aliphatic rings. The monoisotopic (exact) mass is 294 g/mol. The molecule has 0 aromatic heterocycles. The van der Waals surface area contributed by atoms with Gasteiger partial charge in [-0.2, -0.15) is 0 Å². The van der Waals surface area contributed by atoms with Crippen molar-refractivity contribution in [3.63, 3.8) is 0 Å². The van der Waals surface area contributed by atoms with Gasteiger partial charge in [0.25, 0.3) is 0 Å². The van der Waals surface area contributed by atoms with Gasteiger partial charge in [-0.3, -0.25) is 4.90 Å². The molecule has 1 aromatic rings. The smallest absolute Gasteiger partial charge is 0.161 e. The normalized spacial score (nSPS) is 14.2. The van der Waals surface area contributed by atoms with Gasteiger partial charge in [0.15, 0.2) is 11.5 Å². The van der Waals surface area contributed by atoms with Crippen molar-refractivity contribution < 1.29 is 9.84 Å². The van der Waals surface area contributed by atoms with Gasteiger partial charge in [0.05, 0.1) is 12.3 Å². The number of hydrogen-bond donors (Lipinski definition) is 2. The number of rotatable bonds is 9. The predicted molar refractivity (Wildman–Crippen MR) is 87.7 cm³/mol. The quantitative estimate of drug-likeness (QED) is 0.687. The van der Waals surface area contributed by atoms with Gasteiger partial charge in [-0.05, 0) is 45.8 Å². The second-order valence-corrected chi connectivity index (χ2v) is 5.72. The maximum Gasteiger partial charge on any atom is 0.161 e. The van der Waals surface area contributed by atoms with E-state index in [1.54, 1.807) is 6.07 Å². The van der Waals surface area contributed by atoms with Crippen molar-refractivity contribution in [1.29, 1.82) is 0 Å². The second kappa shape index (κ2) is 8.25. The molecule has 1 unspecified atom stereocenters. The number of ether oxygens (including phenoxy) is 1. The molecule has 0 aliphatic carbocycles. The highest BCUT2D eigenvalue weighted by Crippen LogP contribution is 2.32. The van der Waals surface area contributed by atoms with E-state index in [1.807, 2.05) is 26.0 Å². The fraction of sp³-hybridized carbons (Fsp3) is 0.647. The summed E-state index contributed by atoms with van der Waals surface area (Å²) in [5.74, 6) is 0.743. The van der Waals surface area contributed by atoms with Crippen LogP contribution in [0.4, 0.5) is 0 Å². The molecule has 1 atom stereocenters. The number of para-hydroxylation sites is 1. The summed E-state index contributed by atoms with van der Waals surface area (Å²) < 4.78 is 5.44. The number of hydrogen-bond acceptors (Lipinski definition) is 4. The van der Waals surface area contributed by atoms with Gasteiger partial charge in [0.1, 0.15) is 0 Å². The van der Waals surface area contributed by atoms with Crippen molar-refractivity contribution in [2.45, 2.75) is 52.6 Å². The number of phenolic OH excluding ortho intramolecular Hbond substituents is 1. The molecule has 0 saturated heterocycles. The van der Waals surface area contributed by atoms with Crippen LogP contribution in [0.25, 0.3) is 0 Å². The largest absolute Gasteiger partial charge is 0.504 e. The zero-order valence-electron chi connectivity index (χ0n) is 13.9. The molecular formula is C17H30N2O2. The summed E-state index contributed by atoms with van der Waals surface area (Å²) in [5, 5.41) is 10.3. The highest BCUT2D eigenvalue weighted by Gasteiger charge is 2.28. The van der Waals surface area contributed by atoms with Gasteiger partial charge < -0.3 is 15.6 Å². The number of benzene rings is 1. The molecule has 0 amide bonds. The first-order chi connectivity index (χ1) is 9.96. The molecule has 1 aromatic carbocycles. The third-order valence-corrected chi connectivity index (χ3v) is 3.64. The Morgan fingerprint density at radius 3 is 2.33 bits per heavy atom.